The molecule has 7 heteroatoms. The normalized spacial score (nSPS) is 9.93. The molecule has 72 valence electrons. The van der Waals surface area contributed by atoms with Gasteiger partial charge in [0.25, 0.3) is 5.56 Å². The molecular formula is C8H5BrN3NaOS. The molecule has 0 bridgehead atoms. The molecule has 0 aliphatic carbocycles. The van der Waals surface area contributed by atoms with Gasteiger partial charge in [0.15, 0.2) is 0 Å². The average Bonchev–Trinajstić information content (AvgIpc) is 2.16. The number of nitrogen functional groups attached to an aromatic ring is 1. The van der Waals surface area contributed by atoms with Gasteiger partial charge in [0.2, 0.25) is 0 Å². The Morgan fingerprint density at radius 1 is 1.47 bits per heavy atom. The molecule has 0 spiro atoms. The second-order valence-corrected chi connectivity index (χ2v) is 4.01. The minimum atomic E-state index is -0.332. The van der Waals surface area contributed by atoms with E-state index in [-0.39, 0.29) is 40.3 Å². The minimum absolute atomic E-state index is 0. The smallest absolute Gasteiger partial charge is 0.740 e. The molecule has 0 fully saturated rings. The van der Waals surface area contributed by atoms with E-state index in [1.54, 1.807) is 18.2 Å². The molecule has 1 heterocycles. The van der Waals surface area contributed by atoms with Crippen LogP contribution in [0.15, 0.2) is 32.6 Å². The van der Waals surface area contributed by atoms with Gasteiger partial charge in [0.05, 0.1) is 10.9 Å². The van der Waals surface area contributed by atoms with E-state index in [4.69, 9.17) is 18.5 Å². The van der Waals surface area contributed by atoms with Gasteiger partial charge in [-0.05, 0) is 18.2 Å². The number of aromatic nitrogens is 2. The number of nitrogens with two attached hydrogens (primary N) is 1. The first-order chi connectivity index (χ1) is 6.59. The standard InChI is InChI=1S/C8H6BrN3OS.Na/c9-4-1-2-6-5(3-4)7(13)12(10)8(14)11-6;/h1-3H,10H2,(H,11,14);/q;+1/p-1. The first-order valence-electron chi connectivity index (χ1n) is 3.74. The third-order valence-electron chi connectivity index (χ3n) is 1.83. The van der Waals surface area contributed by atoms with Crippen molar-refractivity contribution in [1.29, 1.82) is 0 Å². The fourth-order valence-electron chi connectivity index (χ4n) is 1.15. The quantitative estimate of drug-likeness (QED) is 0.259. The summed E-state index contributed by atoms with van der Waals surface area (Å²) in [5.41, 5.74) is 0.228. The van der Waals surface area contributed by atoms with Crippen LogP contribution in [-0.2, 0) is 12.6 Å². The third kappa shape index (κ3) is 2.34. The van der Waals surface area contributed by atoms with Crippen LogP contribution in [0.2, 0.25) is 0 Å². The number of benzene rings is 1. The monoisotopic (exact) mass is 293 g/mol. The molecule has 0 radical (unpaired) electrons. The zero-order chi connectivity index (χ0) is 10.3. The fraction of sp³-hybridized carbons (Fsp3) is 0. The van der Waals surface area contributed by atoms with E-state index in [9.17, 15) is 4.79 Å². The first kappa shape index (κ1) is 12.9. The van der Waals surface area contributed by atoms with Gasteiger partial charge in [0, 0.05) is 9.63 Å². The van der Waals surface area contributed by atoms with Gasteiger partial charge in [-0.25, -0.2) is 4.68 Å². The van der Waals surface area contributed by atoms with Gasteiger partial charge >= 0.3 is 29.6 Å². The number of hydrogen-bond acceptors (Lipinski definition) is 4. The predicted octanol–water partition coefficient (Wildman–Crippen LogP) is -2.22. The number of hydrogen-bond donors (Lipinski definition) is 1. The maximum atomic E-state index is 11.6. The minimum Gasteiger partial charge on any atom is -0.740 e. The van der Waals surface area contributed by atoms with Crippen molar-refractivity contribution in [3.8, 4) is 0 Å². The molecular weight excluding hydrogens is 289 g/mol. The van der Waals surface area contributed by atoms with Gasteiger partial charge < -0.3 is 18.5 Å². The average molecular weight is 294 g/mol. The summed E-state index contributed by atoms with van der Waals surface area (Å²) in [6.45, 7) is 0. The summed E-state index contributed by atoms with van der Waals surface area (Å²) < 4.78 is 1.67. The zero-order valence-corrected chi connectivity index (χ0v) is 12.3. The van der Waals surface area contributed by atoms with Crippen molar-refractivity contribution in [2.75, 3.05) is 5.84 Å². The maximum absolute atomic E-state index is 11.6. The molecule has 4 nitrogen and oxygen atoms in total. The van der Waals surface area contributed by atoms with Crippen LogP contribution in [0.3, 0.4) is 0 Å². The summed E-state index contributed by atoms with van der Waals surface area (Å²) in [5, 5.41) is 0.542. The van der Waals surface area contributed by atoms with Gasteiger partial charge in [-0.15, -0.1) is 0 Å². The molecule has 0 aliphatic rings. The molecule has 2 N–H and O–H groups in total. The predicted molar refractivity (Wildman–Crippen MR) is 59.5 cm³/mol. The van der Waals surface area contributed by atoms with Gasteiger partial charge in [-0.3, -0.25) is 9.78 Å². The second-order valence-electron chi connectivity index (χ2n) is 2.73. The molecule has 0 atom stereocenters. The van der Waals surface area contributed by atoms with Crippen molar-refractivity contribution in [2.45, 2.75) is 5.16 Å². The first-order valence-corrected chi connectivity index (χ1v) is 4.94. The Morgan fingerprint density at radius 3 is 2.80 bits per heavy atom. The fourth-order valence-corrected chi connectivity index (χ4v) is 1.69. The van der Waals surface area contributed by atoms with Crippen molar-refractivity contribution in [1.82, 2.24) is 9.66 Å². The molecule has 2 rings (SSSR count). The summed E-state index contributed by atoms with van der Waals surface area (Å²) in [6.07, 6.45) is 0. The summed E-state index contributed by atoms with van der Waals surface area (Å²) in [7, 11) is 0. The summed E-state index contributed by atoms with van der Waals surface area (Å²) in [5.74, 6) is 5.42. The van der Waals surface area contributed by atoms with Crippen molar-refractivity contribution >= 4 is 39.5 Å². The zero-order valence-electron chi connectivity index (χ0n) is 7.90. The van der Waals surface area contributed by atoms with Crippen LogP contribution in [0.1, 0.15) is 0 Å². The number of fused-ring (bicyclic) bond motifs is 1. The topological polar surface area (TPSA) is 60.9 Å². The Bertz CT molecular complexity index is 572. The van der Waals surface area contributed by atoms with Crippen molar-refractivity contribution in [3.05, 3.63) is 33.0 Å². The molecule has 0 unspecified atom stereocenters. The van der Waals surface area contributed by atoms with Crippen LogP contribution in [0, 0.1) is 0 Å². The summed E-state index contributed by atoms with van der Waals surface area (Å²) >= 11 is 8.08. The van der Waals surface area contributed by atoms with Crippen LogP contribution in [-0.4, -0.2) is 9.66 Å². The van der Waals surface area contributed by atoms with Gasteiger partial charge in [-0.2, -0.15) is 0 Å². The molecule has 0 saturated heterocycles. The number of rotatable bonds is 0. The third-order valence-corrected chi connectivity index (χ3v) is 2.61. The molecule has 1 aromatic carbocycles. The van der Waals surface area contributed by atoms with Crippen LogP contribution >= 0.6 is 15.9 Å². The van der Waals surface area contributed by atoms with E-state index in [1.807, 2.05) is 0 Å². The molecule has 15 heavy (non-hydrogen) atoms. The Kier molecular flexibility index (Phi) is 4.13. The Morgan fingerprint density at radius 2 is 2.13 bits per heavy atom. The summed E-state index contributed by atoms with van der Waals surface area (Å²) in [4.78, 5) is 15.6. The van der Waals surface area contributed by atoms with E-state index in [2.05, 4.69) is 20.9 Å². The van der Waals surface area contributed by atoms with E-state index in [0.29, 0.717) is 10.9 Å². The van der Waals surface area contributed by atoms with Gasteiger partial charge in [0.1, 0.15) is 0 Å². The largest absolute Gasteiger partial charge is 1.00 e. The van der Waals surface area contributed by atoms with Crippen molar-refractivity contribution in [3.63, 3.8) is 0 Å². The van der Waals surface area contributed by atoms with E-state index >= 15 is 0 Å². The molecule has 2 aromatic rings. The van der Waals surface area contributed by atoms with Gasteiger partial charge in [-0.1, -0.05) is 15.9 Å². The molecule has 0 aliphatic heterocycles. The molecule has 0 amide bonds. The van der Waals surface area contributed by atoms with E-state index in [1.165, 1.54) is 0 Å². The SMILES string of the molecule is Nn1c([S-])nc2ccc(Br)cc2c1=O.[Na+]. The Balaban J connectivity index is 0.00000112. The van der Waals surface area contributed by atoms with Crippen molar-refractivity contribution in [2.24, 2.45) is 0 Å². The Labute approximate surface area is 122 Å². The summed E-state index contributed by atoms with van der Waals surface area (Å²) in [6, 6.07) is 5.18. The number of nitrogens with zero attached hydrogens (tertiary/aromatic N) is 2. The Hall–Kier alpha value is -0.140. The second kappa shape index (κ2) is 4.80. The number of halogens is 1. The molecule has 0 saturated carbocycles. The van der Waals surface area contributed by atoms with E-state index in [0.717, 1.165) is 9.15 Å². The van der Waals surface area contributed by atoms with Crippen LogP contribution in [0.4, 0.5) is 0 Å². The van der Waals surface area contributed by atoms with Crippen molar-refractivity contribution < 1.29 is 29.6 Å². The van der Waals surface area contributed by atoms with Crippen LogP contribution in [0.25, 0.3) is 10.9 Å². The van der Waals surface area contributed by atoms with E-state index < -0.39 is 0 Å². The van der Waals surface area contributed by atoms with Crippen LogP contribution < -0.4 is 41.0 Å². The van der Waals surface area contributed by atoms with Crippen LogP contribution in [0.5, 0.6) is 0 Å². The maximum Gasteiger partial charge on any atom is 1.00 e. The molecule has 1 aromatic heterocycles.